The fourth-order valence-electron chi connectivity index (χ4n) is 0.955. The number of aldehydes is 1. The van der Waals surface area contributed by atoms with Crippen LogP contribution in [0.25, 0.3) is 0 Å². The normalized spacial score (nSPS) is 9.69. The molecule has 0 amide bonds. The van der Waals surface area contributed by atoms with Crippen molar-refractivity contribution in [3.05, 3.63) is 22.7 Å². The van der Waals surface area contributed by atoms with Crippen molar-refractivity contribution in [3.8, 4) is 11.5 Å². The van der Waals surface area contributed by atoms with Gasteiger partial charge in [-0.15, -0.1) is 0 Å². The molecule has 0 saturated heterocycles. The fraction of sp³-hybridized carbons (Fsp3) is 0.222. The van der Waals surface area contributed by atoms with Gasteiger partial charge in [-0.2, -0.15) is 0 Å². The molecule has 13 heavy (non-hydrogen) atoms. The third-order valence-corrected chi connectivity index (χ3v) is 1.75. The summed E-state index contributed by atoms with van der Waals surface area (Å²) < 4.78 is 5.07. The lowest BCUT2D eigenvalue weighted by molar-refractivity contribution is 0.112. The van der Waals surface area contributed by atoms with Gasteiger partial charge in [0, 0.05) is 5.56 Å². The first kappa shape index (κ1) is 9.86. The van der Waals surface area contributed by atoms with Gasteiger partial charge in [-0.1, -0.05) is 11.6 Å². The van der Waals surface area contributed by atoms with Crippen LogP contribution in [0.1, 0.15) is 17.3 Å². The van der Waals surface area contributed by atoms with Crippen LogP contribution < -0.4 is 4.74 Å². The highest BCUT2D eigenvalue weighted by Gasteiger charge is 2.09. The van der Waals surface area contributed by atoms with Crippen molar-refractivity contribution >= 4 is 17.9 Å². The number of halogens is 1. The molecule has 4 heteroatoms. The van der Waals surface area contributed by atoms with Crippen molar-refractivity contribution in [1.82, 2.24) is 0 Å². The van der Waals surface area contributed by atoms with Crippen LogP contribution in [0.4, 0.5) is 0 Å². The lowest BCUT2D eigenvalue weighted by Gasteiger charge is -2.07. The van der Waals surface area contributed by atoms with E-state index in [1.807, 2.05) is 0 Å². The largest absolute Gasteiger partial charge is 0.504 e. The minimum Gasteiger partial charge on any atom is -0.504 e. The van der Waals surface area contributed by atoms with Crippen molar-refractivity contribution < 1.29 is 14.6 Å². The number of carbonyl (C=O) groups is 1. The Labute approximate surface area is 80.9 Å². The summed E-state index contributed by atoms with van der Waals surface area (Å²) in [5, 5.41) is 9.61. The number of aromatic hydroxyl groups is 1. The number of rotatable bonds is 3. The molecule has 0 bridgehead atoms. The zero-order chi connectivity index (χ0) is 9.84. The first-order valence-electron chi connectivity index (χ1n) is 3.79. The molecule has 0 aliphatic rings. The van der Waals surface area contributed by atoms with Gasteiger partial charge in [-0.3, -0.25) is 4.79 Å². The van der Waals surface area contributed by atoms with Gasteiger partial charge in [-0.25, -0.2) is 0 Å². The highest BCUT2D eigenvalue weighted by molar-refractivity contribution is 6.32. The number of carbonyl (C=O) groups excluding carboxylic acids is 1. The van der Waals surface area contributed by atoms with Gasteiger partial charge >= 0.3 is 0 Å². The van der Waals surface area contributed by atoms with Gasteiger partial charge in [0.2, 0.25) is 0 Å². The lowest BCUT2D eigenvalue weighted by atomic mass is 10.2. The van der Waals surface area contributed by atoms with E-state index in [1.54, 1.807) is 6.92 Å². The summed E-state index contributed by atoms with van der Waals surface area (Å²) in [7, 11) is 0. The summed E-state index contributed by atoms with van der Waals surface area (Å²) in [6.07, 6.45) is 0.612. The third-order valence-electron chi connectivity index (χ3n) is 1.47. The Hall–Kier alpha value is -1.22. The molecule has 1 aromatic rings. The maximum absolute atomic E-state index is 10.4. The van der Waals surface area contributed by atoms with Gasteiger partial charge < -0.3 is 9.84 Å². The highest BCUT2D eigenvalue weighted by Crippen LogP contribution is 2.34. The molecule has 0 atom stereocenters. The molecule has 0 radical (unpaired) electrons. The Bertz CT molecular complexity index is 300. The smallest absolute Gasteiger partial charge is 0.179 e. The second-order valence-electron chi connectivity index (χ2n) is 2.40. The van der Waals surface area contributed by atoms with Crippen LogP contribution in [0.15, 0.2) is 12.1 Å². The Balaban J connectivity index is 3.14. The second kappa shape index (κ2) is 4.14. The van der Waals surface area contributed by atoms with Crippen LogP contribution in [0.3, 0.4) is 0 Å². The fourth-order valence-corrected chi connectivity index (χ4v) is 1.23. The maximum Gasteiger partial charge on any atom is 0.179 e. The van der Waals surface area contributed by atoms with Crippen molar-refractivity contribution in [2.24, 2.45) is 0 Å². The van der Waals surface area contributed by atoms with Crippen molar-refractivity contribution in [2.75, 3.05) is 6.61 Å². The second-order valence-corrected chi connectivity index (χ2v) is 2.81. The first-order chi connectivity index (χ1) is 6.19. The SMILES string of the molecule is CCOc1c(O)cc(C=O)cc1Cl. The van der Waals surface area contributed by atoms with Crippen LogP contribution in [0.5, 0.6) is 11.5 Å². The molecule has 70 valence electrons. The van der Waals surface area contributed by atoms with Crippen LogP contribution in [0.2, 0.25) is 5.02 Å². The van der Waals surface area contributed by atoms with E-state index in [0.29, 0.717) is 18.5 Å². The Kier molecular flexibility index (Phi) is 3.14. The maximum atomic E-state index is 10.4. The van der Waals surface area contributed by atoms with Gasteiger partial charge in [0.15, 0.2) is 11.5 Å². The number of benzene rings is 1. The first-order valence-corrected chi connectivity index (χ1v) is 4.17. The minimum atomic E-state index is -0.114. The number of hydrogen-bond acceptors (Lipinski definition) is 3. The van der Waals surface area contributed by atoms with Crippen LogP contribution in [-0.2, 0) is 0 Å². The van der Waals surface area contributed by atoms with E-state index in [4.69, 9.17) is 16.3 Å². The predicted octanol–water partition coefficient (Wildman–Crippen LogP) is 2.26. The monoisotopic (exact) mass is 200 g/mol. The van der Waals surface area contributed by atoms with Crippen LogP contribution in [-0.4, -0.2) is 18.0 Å². The minimum absolute atomic E-state index is 0.114. The zero-order valence-corrected chi connectivity index (χ0v) is 7.84. The summed E-state index contributed by atoms with van der Waals surface area (Å²) in [6, 6.07) is 2.75. The molecule has 1 aromatic carbocycles. The number of phenolic OH excluding ortho intramolecular Hbond substituents is 1. The standard InChI is InChI=1S/C9H9ClO3/c1-2-13-9-7(10)3-6(5-11)4-8(9)12/h3-5,12H,2H2,1H3. The van der Waals surface area contributed by atoms with E-state index in [1.165, 1.54) is 12.1 Å². The quantitative estimate of drug-likeness (QED) is 0.762. The Morgan fingerprint density at radius 2 is 2.31 bits per heavy atom. The van der Waals surface area contributed by atoms with Gasteiger partial charge in [0.1, 0.15) is 6.29 Å². The highest BCUT2D eigenvalue weighted by atomic mass is 35.5. The molecule has 1 N–H and O–H groups in total. The van der Waals surface area contributed by atoms with E-state index in [9.17, 15) is 9.90 Å². The molecule has 1 rings (SSSR count). The van der Waals surface area contributed by atoms with E-state index in [2.05, 4.69) is 0 Å². The Morgan fingerprint density at radius 3 is 2.77 bits per heavy atom. The van der Waals surface area contributed by atoms with Crippen molar-refractivity contribution in [2.45, 2.75) is 6.92 Å². The molecule has 3 nitrogen and oxygen atoms in total. The van der Waals surface area contributed by atoms with Crippen molar-refractivity contribution in [1.29, 1.82) is 0 Å². The average molecular weight is 201 g/mol. The summed E-state index contributed by atoms with van der Waals surface area (Å²) >= 11 is 5.75. The van der Waals surface area contributed by atoms with Gasteiger partial charge in [-0.05, 0) is 19.1 Å². The summed E-state index contributed by atoms with van der Waals surface area (Å²) in [4.78, 5) is 10.4. The van der Waals surface area contributed by atoms with E-state index < -0.39 is 0 Å². The molecule has 0 spiro atoms. The van der Waals surface area contributed by atoms with Gasteiger partial charge in [0.25, 0.3) is 0 Å². The zero-order valence-electron chi connectivity index (χ0n) is 7.08. The van der Waals surface area contributed by atoms with E-state index >= 15 is 0 Å². The molecular weight excluding hydrogens is 192 g/mol. The molecule has 0 unspecified atom stereocenters. The number of phenols is 1. The lowest BCUT2D eigenvalue weighted by Crippen LogP contribution is -1.93. The molecule has 0 fully saturated rings. The molecule has 0 saturated carbocycles. The van der Waals surface area contributed by atoms with Crippen LogP contribution in [0, 0.1) is 0 Å². The summed E-state index contributed by atoms with van der Waals surface area (Å²) in [6.45, 7) is 2.19. The van der Waals surface area contributed by atoms with Crippen molar-refractivity contribution in [3.63, 3.8) is 0 Å². The summed E-state index contributed by atoms with van der Waals surface area (Å²) in [5.74, 6) is 0.103. The molecule has 0 heterocycles. The van der Waals surface area contributed by atoms with E-state index in [0.717, 1.165) is 0 Å². The van der Waals surface area contributed by atoms with Gasteiger partial charge in [0.05, 0.1) is 11.6 Å². The average Bonchev–Trinajstić information content (AvgIpc) is 2.11. The number of ether oxygens (including phenoxy) is 1. The molecule has 0 aliphatic heterocycles. The topological polar surface area (TPSA) is 46.5 Å². The third kappa shape index (κ3) is 2.12. The molecular formula is C9H9ClO3. The Morgan fingerprint density at radius 1 is 1.62 bits per heavy atom. The number of hydrogen-bond donors (Lipinski definition) is 1. The van der Waals surface area contributed by atoms with E-state index in [-0.39, 0.29) is 16.5 Å². The van der Waals surface area contributed by atoms with Crippen LogP contribution >= 0.6 is 11.6 Å². The summed E-state index contributed by atoms with van der Waals surface area (Å²) in [5.41, 5.74) is 0.325. The predicted molar refractivity (Wildman–Crippen MR) is 49.7 cm³/mol. The molecule has 0 aromatic heterocycles. The molecule has 0 aliphatic carbocycles.